The zero-order valence-electron chi connectivity index (χ0n) is 13.9. The van der Waals surface area contributed by atoms with Gasteiger partial charge in [0.15, 0.2) is 0 Å². The molecule has 2 amide bonds. The topological polar surface area (TPSA) is 55.8 Å². The van der Waals surface area contributed by atoms with Gasteiger partial charge < -0.3 is 20.2 Å². The highest BCUT2D eigenvalue weighted by atomic mass is 19.1. The number of piperidine rings is 1. The summed E-state index contributed by atoms with van der Waals surface area (Å²) in [4.78, 5) is 16.4. The van der Waals surface area contributed by atoms with E-state index in [2.05, 4.69) is 17.3 Å². The van der Waals surface area contributed by atoms with Crippen molar-refractivity contribution >= 4 is 11.7 Å². The second-order valence-electron chi connectivity index (χ2n) is 6.17. The van der Waals surface area contributed by atoms with Gasteiger partial charge in [0.25, 0.3) is 0 Å². The smallest absolute Gasteiger partial charge is 0.321 e. The van der Waals surface area contributed by atoms with E-state index in [1.807, 2.05) is 0 Å². The Kier molecular flexibility index (Phi) is 6.36. The molecule has 0 aromatic heterocycles. The molecule has 6 heteroatoms. The van der Waals surface area contributed by atoms with Crippen molar-refractivity contribution in [2.24, 2.45) is 0 Å². The van der Waals surface area contributed by atoms with E-state index in [0.717, 1.165) is 31.4 Å². The largest absolute Gasteiger partial charge is 0.396 e. The summed E-state index contributed by atoms with van der Waals surface area (Å²) in [5, 5.41) is 11.8. The first-order valence-electron chi connectivity index (χ1n) is 8.14. The van der Waals surface area contributed by atoms with Gasteiger partial charge in [0.05, 0.1) is 0 Å². The second-order valence-corrected chi connectivity index (χ2v) is 6.17. The number of aliphatic hydroxyl groups excluding tert-OH is 1. The summed E-state index contributed by atoms with van der Waals surface area (Å²) < 4.78 is 13.1. The van der Waals surface area contributed by atoms with Crippen molar-refractivity contribution in [3.63, 3.8) is 0 Å². The minimum absolute atomic E-state index is 0.129. The number of nitrogens with zero attached hydrogens (tertiary/aromatic N) is 2. The Labute approximate surface area is 137 Å². The maximum absolute atomic E-state index is 13.1. The van der Waals surface area contributed by atoms with E-state index in [1.54, 1.807) is 17.9 Å². The SMILES string of the molecule is Cc1cc(F)ccc1NC(=O)N1CCC(N(C)CCCO)CC1. The van der Waals surface area contributed by atoms with E-state index in [0.29, 0.717) is 24.8 Å². The van der Waals surface area contributed by atoms with Gasteiger partial charge in [-0.3, -0.25) is 0 Å². The lowest BCUT2D eigenvalue weighted by Gasteiger charge is -2.36. The monoisotopic (exact) mass is 323 g/mol. The summed E-state index contributed by atoms with van der Waals surface area (Å²) in [5.74, 6) is -0.299. The molecule has 1 fully saturated rings. The lowest BCUT2D eigenvalue weighted by molar-refractivity contribution is 0.134. The van der Waals surface area contributed by atoms with Crippen LogP contribution in [0.5, 0.6) is 0 Å². The Morgan fingerprint density at radius 3 is 2.74 bits per heavy atom. The number of aliphatic hydroxyl groups is 1. The van der Waals surface area contributed by atoms with Crippen molar-refractivity contribution in [1.82, 2.24) is 9.80 Å². The van der Waals surface area contributed by atoms with Gasteiger partial charge in [0, 0.05) is 38.0 Å². The highest BCUT2D eigenvalue weighted by Gasteiger charge is 2.25. The molecule has 0 saturated carbocycles. The zero-order chi connectivity index (χ0) is 16.8. The summed E-state index contributed by atoms with van der Waals surface area (Å²) in [6, 6.07) is 4.69. The van der Waals surface area contributed by atoms with Crippen LogP contribution >= 0.6 is 0 Å². The van der Waals surface area contributed by atoms with Crippen molar-refractivity contribution in [2.45, 2.75) is 32.2 Å². The maximum Gasteiger partial charge on any atom is 0.321 e. The summed E-state index contributed by atoms with van der Waals surface area (Å²) in [5.41, 5.74) is 1.37. The van der Waals surface area contributed by atoms with E-state index >= 15 is 0 Å². The molecule has 0 bridgehead atoms. The van der Waals surface area contributed by atoms with Crippen LogP contribution < -0.4 is 5.32 Å². The first kappa shape index (κ1) is 17.7. The molecule has 0 aliphatic carbocycles. The number of halogens is 1. The molecule has 0 spiro atoms. The molecule has 1 heterocycles. The first-order chi connectivity index (χ1) is 11.0. The molecular formula is C17H26FN3O2. The quantitative estimate of drug-likeness (QED) is 0.875. The molecule has 2 N–H and O–H groups in total. The third-order valence-corrected chi connectivity index (χ3v) is 4.47. The number of aryl methyl sites for hydroxylation is 1. The Hall–Kier alpha value is -1.66. The van der Waals surface area contributed by atoms with Crippen molar-refractivity contribution < 1.29 is 14.3 Å². The highest BCUT2D eigenvalue weighted by molar-refractivity contribution is 5.90. The van der Waals surface area contributed by atoms with Crippen LogP contribution in [0.3, 0.4) is 0 Å². The number of carbonyl (C=O) groups excluding carboxylic acids is 1. The third kappa shape index (κ3) is 4.91. The van der Waals surface area contributed by atoms with Gasteiger partial charge in [-0.25, -0.2) is 9.18 Å². The molecule has 23 heavy (non-hydrogen) atoms. The fraction of sp³-hybridized carbons (Fsp3) is 0.588. The summed E-state index contributed by atoms with van der Waals surface area (Å²) in [7, 11) is 2.07. The van der Waals surface area contributed by atoms with E-state index < -0.39 is 0 Å². The summed E-state index contributed by atoms with van der Waals surface area (Å²) >= 11 is 0. The van der Waals surface area contributed by atoms with Gasteiger partial charge >= 0.3 is 6.03 Å². The van der Waals surface area contributed by atoms with Gasteiger partial charge in [-0.2, -0.15) is 0 Å². The van der Waals surface area contributed by atoms with E-state index in [1.165, 1.54) is 12.1 Å². The van der Waals surface area contributed by atoms with Gasteiger partial charge in [0.2, 0.25) is 0 Å². The fourth-order valence-electron chi connectivity index (χ4n) is 2.97. The number of nitrogens with one attached hydrogen (secondary N) is 1. The number of likely N-dealkylation sites (tertiary alicyclic amines) is 1. The Morgan fingerprint density at radius 2 is 2.13 bits per heavy atom. The number of rotatable bonds is 5. The molecule has 0 radical (unpaired) electrons. The average molecular weight is 323 g/mol. The molecule has 0 unspecified atom stereocenters. The summed E-state index contributed by atoms with van der Waals surface area (Å²) in [6.07, 6.45) is 2.64. The molecule has 1 aromatic carbocycles. The van der Waals surface area contributed by atoms with E-state index in [4.69, 9.17) is 5.11 Å². The molecular weight excluding hydrogens is 297 g/mol. The zero-order valence-corrected chi connectivity index (χ0v) is 13.9. The number of amides is 2. The number of hydrogen-bond donors (Lipinski definition) is 2. The predicted molar refractivity (Wildman–Crippen MR) is 89.1 cm³/mol. The number of anilines is 1. The number of urea groups is 1. The predicted octanol–water partition coefficient (Wildman–Crippen LogP) is 2.44. The van der Waals surface area contributed by atoms with Crippen LogP contribution in [0, 0.1) is 12.7 Å². The molecule has 5 nitrogen and oxygen atoms in total. The maximum atomic E-state index is 13.1. The minimum Gasteiger partial charge on any atom is -0.396 e. The number of hydrogen-bond acceptors (Lipinski definition) is 3. The minimum atomic E-state index is -0.299. The average Bonchev–Trinajstić information content (AvgIpc) is 2.55. The highest BCUT2D eigenvalue weighted by Crippen LogP contribution is 2.19. The van der Waals surface area contributed by atoms with Gasteiger partial charge in [-0.05, 0) is 57.0 Å². The Balaban J connectivity index is 1.83. The van der Waals surface area contributed by atoms with Crippen LogP contribution in [0.25, 0.3) is 0 Å². The van der Waals surface area contributed by atoms with Crippen LogP contribution in [0.15, 0.2) is 18.2 Å². The lowest BCUT2D eigenvalue weighted by Crippen LogP contribution is -2.47. The number of carbonyl (C=O) groups is 1. The lowest BCUT2D eigenvalue weighted by atomic mass is 10.0. The van der Waals surface area contributed by atoms with Crippen molar-refractivity contribution in [1.29, 1.82) is 0 Å². The molecule has 1 aliphatic rings. The van der Waals surface area contributed by atoms with Gasteiger partial charge in [-0.1, -0.05) is 0 Å². The third-order valence-electron chi connectivity index (χ3n) is 4.47. The molecule has 1 saturated heterocycles. The Bertz CT molecular complexity index is 531. The van der Waals surface area contributed by atoms with E-state index in [9.17, 15) is 9.18 Å². The van der Waals surface area contributed by atoms with Crippen molar-refractivity contribution in [3.8, 4) is 0 Å². The van der Waals surface area contributed by atoms with E-state index in [-0.39, 0.29) is 18.5 Å². The van der Waals surface area contributed by atoms with Crippen LogP contribution in [-0.2, 0) is 0 Å². The van der Waals surface area contributed by atoms with Gasteiger partial charge in [-0.15, -0.1) is 0 Å². The fourth-order valence-corrected chi connectivity index (χ4v) is 2.97. The molecule has 128 valence electrons. The van der Waals surface area contributed by atoms with Crippen molar-refractivity contribution in [2.75, 3.05) is 38.6 Å². The van der Waals surface area contributed by atoms with Crippen LogP contribution in [0.1, 0.15) is 24.8 Å². The number of benzene rings is 1. The molecule has 0 atom stereocenters. The van der Waals surface area contributed by atoms with Gasteiger partial charge in [0.1, 0.15) is 5.82 Å². The molecule has 2 rings (SSSR count). The first-order valence-corrected chi connectivity index (χ1v) is 8.14. The van der Waals surface area contributed by atoms with Crippen molar-refractivity contribution in [3.05, 3.63) is 29.6 Å². The van der Waals surface area contributed by atoms with Crippen LogP contribution in [-0.4, -0.2) is 60.3 Å². The Morgan fingerprint density at radius 1 is 1.43 bits per heavy atom. The molecule has 1 aromatic rings. The summed E-state index contributed by atoms with van der Waals surface area (Å²) in [6.45, 7) is 4.28. The van der Waals surface area contributed by atoms with Crippen LogP contribution in [0.2, 0.25) is 0 Å². The van der Waals surface area contributed by atoms with Crippen LogP contribution in [0.4, 0.5) is 14.9 Å². The normalized spacial score (nSPS) is 16.0. The molecule has 1 aliphatic heterocycles. The standard InChI is InChI=1S/C17H26FN3O2/c1-13-12-14(18)4-5-16(13)19-17(23)21-9-6-15(7-10-21)20(2)8-3-11-22/h4-5,12,15,22H,3,6-11H2,1-2H3,(H,19,23). The second kappa shape index (κ2) is 8.26.